The third kappa shape index (κ3) is 5.03. The standard InChI is InChI=1S/C19H21NO5S2/c1-24-19(21)13-14-8-9-18-16(12-14)20(10-5-11-25-27(2,22)23)15-6-3-4-7-17(15)26-18/h3-4,6-9,12H,5,10-11,13H2,1-2H3. The minimum absolute atomic E-state index is 0.127. The molecule has 0 amide bonds. The maximum atomic E-state index is 11.6. The number of carbonyl (C=O) groups is 1. The van der Waals surface area contributed by atoms with E-state index in [1.165, 1.54) is 7.11 Å². The predicted molar refractivity (Wildman–Crippen MR) is 105 cm³/mol. The van der Waals surface area contributed by atoms with E-state index in [1.54, 1.807) is 11.8 Å². The third-order valence-corrected chi connectivity index (χ3v) is 5.81. The van der Waals surface area contributed by atoms with Gasteiger partial charge < -0.3 is 9.64 Å². The van der Waals surface area contributed by atoms with Crippen LogP contribution in [0.25, 0.3) is 0 Å². The molecule has 0 aromatic heterocycles. The van der Waals surface area contributed by atoms with Crippen LogP contribution in [0.4, 0.5) is 11.4 Å². The number of methoxy groups -OCH3 is 1. The lowest BCUT2D eigenvalue weighted by atomic mass is 10.1. The molecule has 2 aromatic rings. The van der Waals surface area contributed by atoms with Crippen molar-refractivity contribution in [2.24, 2.45) is 0 Å². The average Bonchev–Trinajstić information content (AvgIpc) is 2.63. The molecular weight excluding hydrogens is 386 g/mol. The van der Waals surface area contributed by atoms with Crippen molar-refractivity contribution in [2.75, 3.05) is 31.4 Å². The number of esters is 1. The summed E-state index contributed by atoms with van der Waals surface area (Å²) in [6, 6.07) is 14.0. The Morgan fingerprint density at radius 1 is 1.11 bits per heavy atom. The van der Waals surface area contributed by atoms with Crippen molar-refractivity contribution in [3.63, 3.8) is 0 Å². The summed E-state index contributed by atoms with van der Waals surface area (Å²) in [5, 5.41) is 0. The SMILES string of the molecule is COC(=O)Cc1ccc2c(c1)N(CCCOS(C)(=O)=O)c1ccccc1S2. The summed E-state index contributed by atoms with van der Waals surface area (Å²) in [6.07, 6.45) is 1.81. The maximum Gasteiger partial charge on any atom is 0.309 e. The summed E-state index contributed by atoms with van der Waals surface area (Å²) >= 11 is 1.68. The summed E-state index contributed by atoms with van der Waals surface area (Å²) in [5.41, 5.74) is 2.93. The van der Waals surface area contributed by atoms with Crippen molar-refractivity contribution in [1.82, 2.24) is 0 Å². The second kappa shape index (κ2) is 8.33. The quantitative estimate of drug-likeness (QED) is 0.396. The normalized spacial score (nSPS) is 13.0. The van der Waals surface area contributed by atoms with Gasteiger partial charge in [-0.25, -0.2) is 0 Å². The van der Waals surface area contributed by atoms with E-state index < -0.39 is 10.1 Å². The first-order chi connectivity index (χ1) is 12.9. The van der Waals surface area contributed by atoms with E-state index in [1.807, 2.05) is 36.4 Å². The highest BCUT2D eigenvalue weighted by molar-refractivity contribution is 7.99. The van der Waals surface area contributed by atoms with Gasteiger partial charge in [-0.15, -0.1) is 0 Å². The first-order valence-corrected chi connectivity index (χ1v) is 11.1. The number of para-hydroxylation sites is 1. The predicted octanol–water partition coefficient (Wildman–Crippen LogP) is 3.37. The molecule has 0 aliphatic carbocycles. The molecule has 0 saturated carbocycles. The average molecular weight is 408 g/mol. The Labute approximate surface area is 163 Å². The van der Waals surface area contributed by atoms with Crippen molar-refractivity contribution in [2.45, 2.75) is 22.6 Å². The van der Waals surface area contributed by atoms with Crippen LogP contribution < -0.4 is 4.90 Å². The zero-order valence-electron chi connectivity index (χ0n) is 15.2. The molecule has 144 valence electrons. The van der Waals surface area contributed by atoms with Crippen molar-refractivity contribution in [1.29, 1.82) is 0 Å². The van der Waals surface area contributed by atoms with Crippen molar-refractivity contribution < 1.29 is 22.1 Å². The zero-order valence-corrected chi connectivity index (χ0v) is 16.8. The van der Waals surface area contributed by atoms with Gasteiger partial charge in [-0.3, -0.25) is 8.98 Å². The molecule has 8 heteroatoms. The van der Waals surface area contributed by atoms with E-state index in [2.05, 4.69) is 11.0 Å². The van der Waals surface area contributed by atoms with Crippen molar-refractivity contribution in [3.05, 3.63) is 48.0 Å². The summed E-state index contributed by atoms with van der Waals surface area (Å²) in [5.74, 6) is -0.285. The molecule has 2 aromatic carbocycles. The lowest BCUT2D eigenvalue weighted by Crippen LogP contribution is -2.23. The highest BCUT2D eigenvalue weighted by atomic mass is 32.2. The zero-order chi connectivity index (χ0) is 19.4. The van der Waals surface area contributed by atoms with Gasteiger partial charge in [0.25, 0.3) is 10.1 Å². The van der Waals surface area contributed by atoms with E-state index >= 15 is 0 Å². The molecule has 1 aliphatic heterocycles. The summed E-state index contributed by atoms with van der Waals surface area (Å²) in [4.78, 5) is 16.0. The van der Waals surface area contributed by atoms with Crippen LogP contribution in [0.5, 0.6) is 0 Å². The van der Waals surface area contributed by atoms with E-state index in [0.717, 1.165) is 33.0 Å². The number of rotatable bonds is 7. The van der Waals surface area contributed by atoms with Gasteiger partial charge in [-0.2, -0.15) is 8.42 Å². The lowest BCUT2D eigenvalue weighted by Gasteiger charge is -2.33. The molecule has 0 fully saturated rings. The topological polar surface area (TPSA) is 72.9 Å². The van der Waals surface area contributed by atoms with Gasteiger partial charge in [-0.1, -0.05) is 30.0 Å². The fraction of sp³-hybridized carbons (Fsp3) is 0.316. The van der Waals surface area contributed by atoms with E-state index in [4.69, 9.17) is 8.92 Å². The second-order valence-electron chi connectivity index (χ2n) is 6.16. The van der Waals surface area contributed by atoms with Crippen LogP contribution in [-0.2, 0) is 30.3 Å². The van der Waals surface area contributed by atoms with Gasteiger partial charge in [0.2, 0.25) is 0 Å². The smallest absolute Gasteiger partial charge is 0.309 e. The molecule has 6 nitrogen and oxygen atoms in total. The van der Waals surface area contributed by atoms with Gasteiger partial charge in [0.15, 0.2) is 0 Å². The van der Waals surface area contributed by atoms with Gasteiger partial charge in [0.1, 0.15) is 0 Å². The lowest BCUT2D eigenvalue weighted by molar-refractivity contribution is -0.139. The van der Waals surface area contributed by atoms with Crippen LogP contribution in [0.2, 0.25) is 0 Å². The molecule has 0 bridgehead atoms. The van der Waals surface area contributed by atoms with Gasteiger partial charge in [0, 0.05) is 16.3 Å². The number of nitrogens with zero attached hydrogens (tertiary/aromatic N) is 1. The van der Waals surface area contributed by atoms with E-state index in [-0.39, 0.29) is 19.0 Å². The number of anilines is 2. The Morgan fingerprint density at radius 3 is 2.59 bits per heavy atom. The fourth-order valence-corrected chi connectivity index (χ4v) is 4.39. The van der Waals surface area contributed by atoms with Crippen LogP contribution in [0.1, 0.15) is 12.0 Å². The monoisotopic (exact) mass is 407 g/mol. The Morgan fingerprint density at radius 2 is 1.85 bits per heavy atom. The highest BCUT2D eigenvalue weighted by Crippen LogP contribution is 2.48. The molecule has 27 heavy (non-hydrogen) atoms. The highest BCUT2D eigenvalue weighted by Gasteiger charge is 2.23. The number of fused-ring (bicyclic) bond motifs is 2. The second-order valence-corrected chi connectivity index (χ2v) is 8.88. The van der Waals surface area contributed by atoms with Crippen LogP contribution in [-0.4, -0.2) is 40.9 Å². The van der Waals surface area contributed by atoms with Crippen molar-refractivity contribution in [3.8, 4) is 0 Å². The van der Waals surface area contributed by atoms with Gasteiger partial charge in [-0.05, 0) is 36.2 Å². The van der Waals surface area contributed by atoms with E-state index in [9.17, 15) is 13.2 Å². The Hall–Kier alpha value is -2.03. The number of hydrogen-bond donors (Lipinski definition) is 0. The molecule has 0 unspecified atom stereocenters. The van der Waals surface area contributed by atoms with Gasteiger partial charge >= 0.3 is 5.97 Å². The Bertz CT molecular complexity index is 943. The molecule has 0 radical (unpaired) electrons. The minimum Gasteiger partial charge on any atom is -0.469 e. The molecular formula is C19H21NO5S2. The number of benzene rings is 2. The molecule has 0 N–H and O–H groups in total. The molecule has 1 aliphatic rings. The third-order valence-electron chi connectivity index (χ3n) is 4.09. The largest absolute Gasteiger partial charge is 0.469 e. The molecule has 1 heterocycles. The maximum absolute atomic E-state index is 11.6. The fourth-order valence-electron chi connectivity index (χ4n) is 2.90. The summed E-state index contributed by atoms with van der Waals surface area (Å²) in [7, 11) is -2.07. The van der Waals surface area contributed by atoms with Crippen molar-refractivity contribution >= 4 is 39.2 Å². The van der Waals surface area contributed by atoms with E-state index in [0.29, 0.717) is 13.0 Å². The summed E-state index contributed by atoms with van der Waals surface area (Å²) in [6.45, 7) is 0.726. The van der Waals surface area contributed by atoms with Crippen LogP contribution >= 0.6 is 11.8 Å². The Balaban J connectivity index is 1.86. The molecule has 0 saturated heterocycles. The summed E-state index contributed by atoms with van der Waals surface area (Å²) < 4.78 is 32.0. The molecule has 0 atom stereocenters. The number of hydrogen-bond acceptors (Lipinski definition) is 7. The number of carbonyl (C=O) groups excluding carboxylic acids is 1. The van der Waals surface area contributed by atoms with Crippen LogP contribution in [0.15, 0.2) is 52.3 Å². The van der Waals surface area contributed by atoms with Crippen LogP contribution in [0, 0.1) is 0 Å². The Kier molecular flexibility index (Phi) is 6.08. The number of ether oxygens (including phenoxy) is 1. The van der Waals surface area contributed by atoms with Crippen LogP contribution in [0.3, 0.4) is 0 Å². The first kappa shape index (κ1) is 19.7. The van der Waals surface area contributed by atoms with Gasteiger partial charge in [0.05, 0.1) is 37.8 Å². The first-order valence-electron chi connectivity index (χ1n) is 8.46. The minimum atomic E-state index is -3.45. The molecule has 3 rings (SSSR count). The molecule has 0 spiro atoms.